The lowest BCUT2D eigenvalue weighted by Crippen LogP contribution is -2.50. The smallest absolute Gasteiger partial charge is 0.233 e. The van der Waals surface area contributed by atoms with Gasteiger partial charge in [-0.05, 0) is 54.7 Å². The third-order valence-corrected chi connectivity index (χ3v) is 5.94. The van der Waals surface area contributed by atoms with Crippen LogP contribution in [0, 0.1) is 11.3 Å². The number of hydrogen-bond acceptors (Lipinski definition) is 2. The van der Waals surface area contributed by atoms with Crippen molar-refractivity contribution in [2.75, 3.05) is 20.2 Å². The second-order valence-corrected chi connectivity index (χ2v) is 8.26. The summed E-state index contributed by atoms with van der Waals surface area (Å²) in [6.07, 6.45) is 4.17. The van der Waals surface area contributed by atoms with Crippen molar-refractivity contribution in [2.45, 2.75) is 51.9 Å². The van der Waals surface area contributed by atoms with Crippen molar-refractivity contribution < 1.29 is 9.53 Å². The van der Waals surface area contributed by atoms with E-state index in [-0.39, 0.29) is 10.8 Å². The molecule has 0 saturated carbocycles. The van der Waals surface area contributed by atoms with E-state index in [1.807, 2.05) is 12.1 Å². The monoisotopic (exact) mass is 315 g/mol. The molecule has 2 saturated heterocycles. The minimum atomic E-state index is -0.334. The van der Waals surface area contributed by atoms with Gasteiger partial charge in [0.1, 0.15) is 5.75 Å². The number of hydrogen-bond donors (Lipinski definition) is 0. The SMILES string of the molecule is COc1ccc([C@@]23CCCN(CC[C@H](C(C)(C)C)C2)C3=O)cc1. The fourth-order valence-corrected chi connectivity index (χ4v) is 4.35. The molecule has 0 radical (unpaired) electrons. The summed E-state index contributed by atoms with van der Waals surface area (Å²) in [6.45, 7) is 8.78. The molecule has 1 aromatic carbocycles. The van der Waals surface area contributed by atoms with Crippen LogP contribution in [0.2, 0.25) is 0 Å². The number of fused-ring (bicyclic) bond motifs is 2. The first-order chi connectivity index (χ1) is 10.9. The molecule has 2 heterocycles. The summed E-state index contributed by atoms with van der Waals surface area (Å²) >= 11 is 0. The van der Waals surface area contributed by atoms with Crippen molar-refractivity contribution in [3.8, 4) is 5.75 Å². The Morgan fingerprint density at radius 2 is 1.87 bits per heavy atom. The Kier molecular flexibility index (Phi) is 4.16. The lowest BCUT2D eigenvalue weighted by Gasteiger charge is -2.42. The van der Waals surface area contributed by atoms with Gasteiger partial charge in [-0.1, -0.05) is 32.9 Å². The van der Waals surface area contributed by atoms with Crippen LogP contribution in [0.5, 0.6) is 5.75 Å². The number of carbonyl (C=O) groups is 1. The van der Waals surface area contributed by atoms with E-state index >= 15 is 0 Å². The zero-order chi connectivity index (χ0) is 16.7. The van der Waals surface area contributed by atoms with Crippen molar-refractivity contribution in [1.29, 1.82) is 0 Å². The summed E-state index contributed by atoms with van der Waals surface area (Å²) in [6, 6.07) is 8.19. The van der Waals surface area contributed by atoms with Crippen LogP contribution in [-0.4, -0.2) is 31.0 Å². The molecule has 0 spiro atoms. The van der Waals surface area contributed by atoms with Crippen molar-refractivity contribution >= 4 is 5.91 Å². The third kappa shape index (κ3) is 2.86. The van der Waals surface area contributed by atoms with Crippen LogP contribution in [0.4, 0.5) is 0 Å². The molecule has 2 aliphatic rings. The molecular formula is C20H29NO2. The van der Waals surface area contributed by atoms with Crippen LogP contribution in [0.3, 0.4) is 0 Å². The zero-order valence-corrected chi connectivity index (χ0v) is 14.9. The number of benzene rings is 1. The standard InChI is InChI=1S/C20H29NO2/c1-19(2,3)16-10-13-21-12-5-11-20(14-16,18(21)22)15-6-8-17(23-4)9-7-15/h6-9,16H,5,10-14H2,1-4H3/t16-,20+/m0/s1. The molecule has 2 bridgehead atoms. The molecule has 3 heteroatoms. The second-order valence-electron chi connectivity index (χ2n) is 8.26. The molecule has 2 aliphatic heterocycles. The van der Waals surface area contributed by atoms with Crippen LogP contribution >= 0.6 is 0 Å². The van der Waals surface area contributed by atoms with Gasteiger partial charge in [-0.15, -0.1) is 0 Å². The van der Waals surface area contributed by atoms with Gasteiger partial charge in [0.15, 0.2) is 0 Å². The summed E-state index contributed by atoms with van der Waals surface area (Å²) in [7, 11) is 1.68. The van der Waals surface area contributed by atoms with E-state index in [1.165, 1.54) is 5.56 Å². The number of amides is 1. The average molecular weight is 315 g/mol. The zero-order valence-electron chi connectivity index (χ0n) is 14.9. The van der Waals surface area contributed by atoms with E-state index in [1.54, 1.807) is 7.11 Å². The maximum absolute atomic E-state index is 13.3. The van der Waals surface area contributed by atoms with Crippen molar-refractivity contribution in [1.82, 2.24) is 4.90 Å². The van der Waals surface area contributed by atoms with E-state index in [2.05, 4.69) is 37.8 Å². The fourth-order valence-electron chi connectivity index (χ4n) is 4.35. The Bertz CT molecular complexity index is 572. The summed E-state index contributed by atoms with van der Waals surface area (Å²) < 4.78 is 5.29. The minimum absolute atomic E-state index is 0.234. The molecule has 3 nitrogen and oxygen atoms in total. The number of methoxy groups -OCH3 is 1. The molecule has 2 atom stereocenters. The van der Waals surface area contributed by atoms with E-state index in [0.29, 0.717) is 11.8 Å². The highest BCUT2D eigenvalue weighted by Gasteiger charge is 2.49. The Morgan fingerprint density at radius 3 is 2.48 bits per heavy atom. The van der Waals surface area contributed by atoms with E-state index in [9.17, 15) is 4.79 Å². The van der Waals surface area contributed by atoms with Gasteiger partial charge in [0.2, 0.25) is 5.91 Å². The summed E-state index contributed by atoms with van der Waals surface area (Å²) in [5, 5.41) is 0. The highest BCUT2D eigenvalue weighted by molar-refractivity contribution is 5.89. The molecule has 0 unspecified atom stereocenters. The van der Waals surface area contributed by atoms with Gasteiger partial charge in [-0.25, -0.2) is 0 Å². The quantitative estimate of drug-likeness (QED) is 0.825. The van der Waals surface area contributed by atoms with Gasteiger partial charge in [-0.2, -0.15) is 0 Å². The van der Waals surface area contributed by atoms with Crippen LogP contribution < -0.4 is 4.74 Å². The van der Waals surface area contributed by atoms with Crippen molar-refractivity contribution in [2.24, 2.45) is 11.3 Å². The highest BCUT2D eigenvalue weighted by atomic mass is 16.5. The Labute approximate surface area is 140 Å². The first kappa shape index (κ1) is 16.4. The lowest BCUT2D eigenvalue weighted by molar-refractivity contribution is -0.140. The summed E-state index contributed by atoms with van der Waals surface area (Å²) in [5.74, 6) is 1.77. The molecule has 2 fully saturated rings. The van der Waals surface area contributed by atoms with E-state index < -0.39 is 0 Å². The average Bonchev–Trinajstić information content (AvgIpc) is 2.61. The normalized spacial score (nSPS) is 28.4. The van der Waals surface area contributed by atoms with Crippen LogP contribution in [-0.2, 0) is 10.2 Å². The van der Waals surface area contributed by atoms with Crippen molar-refractivity contribution in [3.63, 3.8) is 0 Å². The van der Waals surface area contributed by atoms with Crippen LogP contribution in [0.15, 0.2) is 24.3 Å². The highest BCUT2D eigenvalue weighted by Crippen LogP contribution is 2.48. The molecule has 0 aromatic heterocycles. The van der Waals surface area contributed by atoms with Gasteiger partial charge in [0.25, 0.3) is 0 Å². The fraction of sp³-hybridized carbons (Fsp3) is 0.650. The molecule has 1 aromatic rings. The molecule has 3 rings (SSSR count). The van der Waals surface area contributed by atoms with Gasteiger partial charge in [0.05, 0.1) is 12.5 Å². The third-order valence-electron chi connectivity index (χ3n) is 5.94. The summed E-state index contributed by atoms with van der Waals surface area (Å²) in [4.78, 5) is 15.4. The summed E-state index contributed by atoms with van der Waals surface area (Å²) in [5.41, 5.74) is 1.07. The Balaban J connectivity index is 2.03. The largest absolute Gasteiger partial charge is 0.497 e. The first-order valence-corrected chi connectivity index (χ1v) is 8.81. The first-order valence-electron chi connectivity index (χ1n) is 8.81. The maximum Gasteiger partial charge on any atom is 0.233 e. The lowest BCUT2D eigenvalue weighted by atomic mass is 9.64. The molecule has 23 heavy (non-hydrogen) atoms. The molecule has 0 aliphatic carbocycles. The molecule has 126 valence electrons. The molecule has 1 amide bonds. The van der Waals surface area contributed by atoms with Gasteiger partial charge in [0, 0.05) is 13.1 Å². The van der Waals surface area contributed by atoms with Crippen LogP contribution in [0.1, 0.15) is 52.0 Å². The topological polar surface area (TPSA) is 29.5 Å². The van der Waals surface area contributed by atoms with E-state index in [4.69, 9.17) is 4.74 Å². The van der Waals surface area contributed by atoms with Gasteiger partial charge < -0.3 is 9.64 Å². The Morgan fingerprint density at radius 1 is 1.17 bits per heavy atom. The predicted octanol–water partition coefficient (Wildman–Crippen LogP) is 4.01. The molecular weight excluding hydrogens is 286 g/mol. The van der Waals surface area contributed by atoms with Crippen LogP contribution in [0.25, 0.3) is 0 Å². The maximum atomic E-state index is 13.3. The van der Waals surface area contributed by atoms with Gasteiger partial charge in [-0.3, -0.25) is 4.79 Å². The van der Waals surface area contributed by atoms with E-state index in [0.717, 1.165) is 44.5 Å². The molecule has 0 N–H and O–H groups in total. The number of piperidine rings is 1. The second kappa shape index (κ2) is 5.85. The number of ether oxygens (including phenoxy) is 1. The number of rotatable bonds is 2. The van der Waals surface area contributed by atoms with Crippen molar-refractivity contribution in [3.05, 3.63) is 29.8 Å². The Hall–Kier alpha value is -1.51. The minimum Gasteiger partial charge on any atom is -0.497 e. The number of carbonyl (C=O) groups excluding carboxylic acids is 1. The van der Waals surface area contributed by atoms with Gasteiger partial charge >= 0.3 is 0 Å². The predicted molar refractivity (Wildman–Crippen MR) is 92.7 cm³/mol. The number of nitrogens with zero attached hydrogens (tertiary/aromatic N) is 1.